The number of hydrogen-bond donors (Lipinski definition) is 0. The van der Waals surface area contributed by atoms with Crippen molar-refractivity contribution in [1.29, 1.82) is 0 Å². The van der Waals surface area contributed by atoms with Gasteiger partial charge in [-0.3, -0.25) is 4.98 Å². The lowest BCUT2D eigenvalue weighted by Crippen LogP contribution is -2.16. The summed E-state index contributed by atoms with van der Waals surface area (Å²) in [6.07, 6.45) is 17.7. The first-order chi connectivity index (χ1) is 33.2. The van der Waals surface area contributed by atoms with E-state index in [0.29, 0.717) is 5.92 Å². The summed E-state index contributed by atoms with van der Waals surface area (Å²) in [5, 5.41) is 0. The van der Waals surface area contributed by atoms with Gasteiger partial charge >= 0.3 is 0 Å². The van der Waals surface area contributed by atoms with Gasteiger partial charge in [0, 0.05) is 12.4 Å². The minimum absolute atomic E-state index is 0. The molecule has 4 aliphatic carbocycles. The maximum atomic E-state index is 3.78. The van der Waals surface area contributed by atoms with E-state index < -0.39 is 0 Å². The average molecular weight is 971 g/mol. The minimum Gasteiger partial charge on any atom is -0.265 e. The van der Waals surface area contributed by atoms with Crippen LogP contribution >= 0.6 is 0 Å². The highest BCUT2D eigenvalue weighted by atomic mass is 14.6. The third-order valence-corrected chi connectivity index (χ3v) is 11.9. The molecule has 4 aliphatic rings. The van der Waals surface area contributed by atoms with Crippen LogP contribution in [-0.4, -0.2) is 4.98 Å². The van der Waals surface area contributed by atoms with E-state index in [0.717, 1.165) is 53.3 Å². The van der Waals surface area contributed by atoms with E-state index >= 15 is 0 Å². The molecular weight excluding hydrogens is 843 g/mol. The Hall–Kier alpha value is -3.19. The summed E-state index contributed by atoms with van der Waals surface area (Å²) < 4.78 is 0. The van der Waals surface area contributed by atoms with E-state index in [1.54, 1.807) is 34.6 Å². The summed E-state index contributed by atoms with van der Waals surface area (Å²) in [7, 11) is 0. The molecule has 0 spiro atoms. The molecule has 8 rings (SSSR count). The second kappa shape index (κ2) is 55.1. The van der Waals surface area contributed by atoms with Crippen molar-refractivity contribution < 1.29 is 0 Å². The average Bonchev–Trinajstić information content (AvgIpc) is 4.15. The molecule has 2 fully saturated rings. The smallest absolute Gasteiger partial charge is 0.0267 e. The monoisotopic (exact) mass is 970 g/mol. The van der Waals surface area contributed by atoms with E-state index in [-0.39, 0.29) is 7.43 Å². The zero-order valence-electron chi connectivity index (χ0n) is 51.2. The Bertz CT molecular complexity index is 1490. The molecule has 1 aromatic heterocycles. The number of benzene rings is 3. The van der Waals surface area contributed by atoms with Crippen LogP contribution in [0.2, 0.25) is 0 Å². The lowest BCUT2D eigenvalue weighted by Gasteiger charge is -2.28. The van der Waals surface area contributed by atoms with Crippen molar-refractivity contribution in [3.8, 4) is 0 Å². The Morgan fingerprint density at radius 3 is 0.957 bits per heavy atom. The summed E-state index contributed by atoms with van der Waals surface area (Å²) >= 11 is 0. The molecule has 4 aromatic rings. The molecule has 70 heavy (non-hydrogen) atoms. The fourth-order valence-electron chi connectivity index (χ4n) is 7.79. The quantitative estimate of drug-likeness (QED) is 0.194. The lowest BCUT2D eigenvalue weighted by atomic mass is 9.77. The van der Waals surface area contributed by atoms with Crippen LogP contribution in [0.5, 0.6) is 0 Å². The zero-order valence-corrected chi connectivity index (χ0v) is 51.2. The van der Waals surface area contributed by atoms with Crippen LogP contribution in [-0.2, 0) is 12.8 Å². The molecule has 1 heteroatoms. The van der Waals surface area contributed by atoms with Crippen LogP contribution in [0.1, 0.15) is 277 Å². The Kier molecular flexibility index (Phi) is 61.6. The summed E-state index contributed by atoms with van der Waals surface area (Å²) in [4.78, 5) is 3.78. The van der Waals surface area contributed by atoms with Gasteiger partial charge in [-0.15, -0.1) is 0 Å². The Labute approximate surface area is 444 Å². The number of pyridine rings is 1. The predicted molar refractivity (Wildman–Crippen MR) is 329 cm³/mol. The molecular formula is C69H127N. The number of fused-ring (bicyclic) bond motifs is 2. The number of rotatable bonds is 5. The van der Waals surface area contributed by atoms with Gasteiger partial charge in [-0.25, -0.2) is 0 Å². The van der Waals surface area contributed by atoms with Crippen LogP contribution in [0, 0.1) is 41.4 Å². The van der Waals surface area contributed by atoms with Gasteiger partial charge in [0.25, 0.3) is 0 Å². The van der Waals surface area contributed by atoms with Gasteiger partial charge in [0.2, 0.25) is 0 Å². The summed E-state index contributed by atoms with van der Waals surface area (Å²) in [5.41, 5.74) is 7.80. The van der Waals surface area contributed by atoms with Crippen molar-refractivity contribution in [3.05, 3.63) is 137 Å². The first-order valence-electron chi connectivity index (χ1n) is 29.3. The van der Waals surface area contributed by atoms with E-state index in [2.05, 4.69) is 168 Å². The fourth-order valence-corrected chi connectivity index (χ4v) is 7.79. The van der Waals surface area contributed by atoms with Gasteiger partial charge in [-0.2, -0.15) is 0 Å². The van der Waals surface area contributed by atoms with Gasteiger partial charge in [0.15, 0.2) is 0 Å². The van der Waals surface area contributed by atoms with Gasteiger partial charge in [-0.05, 0) is 144 Å². The topological polar surface area (TPSA) is 12.9 Å². The van der Waals surface area contributed by atoms with Crippen LogP contribution in [0.15, 0.2) is 109 Å². The second-order valence-electron chi connectivity index (χ2n) is 19.4. The van der Waals surface area contributed by atoms with Gasteiger partial charge in [0.1, 0.15) is 0 Å². The van der Waals surface area contributed by atoms with Crippen LogP contribution in [0.3, 0.4) is 0 Å². The van der Waals surface area contributed by atoms with Gasteiger partial charge < -0.3 is 0 Å². The Morgan fingerprint density at radius 2 is 0.700 bits per heavy atom. The van der Waals surface area contributed by atoms with Crippen LogP contribution in [0.4, 0.5) is 0 Å². The number of hydrogen-bond acceptors (Lipinski definition) is 1. The summed E-state index contributed by atoms with van der Waals surface area (Å²) in [6, 6.07) is 34.1. The number of aryl methyl sites for hydroxylation is 2. The third-order valence-electron chi connectivity index (χ3n) is 11.9. The van der Waals surface area contributed by atoms with Gasteiger partial charge in [-0.1, -0.05) is 285 Å². The van der Waals surface area contributed by atoms with E-state index in [4.69, 9.17) is 0 Å². The second-order valence-corrected chi connectivity index (χ2v) is 19.4. The number of aromatic nitrogens is 1. The largest absolute Gasteiger partial charge is 0.265 e. The molecule has 1 heterocycles. The Balaban J connectivity index is -0.000000168. The normalized spacial score (nSPS) is 14.9. The highest BCUT2D eigenvalue weighted by Crippen LogP contribution is 2.38. The highest BCUT2D eigenvalue weighted by Gasteiger charge is 2.25. The lowest BCUT2D eigenvalue weighted by molar-refractivity contribution is 0.235. The zero-order chi connectivity index (χ0) is 54.2. The SMILES string of the molecule is C.CC.CC.CC.CC.CC.CC.CC(C)C.CC(C)C1CC1.CC(C)C1CCC1.CC(C)C1CCCc2ccccc21.CC(C)C1CCc2ccccc21.CC(C)c1ccccc1.c1ccncc1. The molecule has 1 nitrogen and oxygen atoms in total. The first-order valence-corrected chi connectivity index (χ1v) is 29.3. The van der Waals surface area contributed by atoms with Crippen molar-refractivity contribution in [2.24, 2.45) is 41.4 Å². The molecule has 0 radical (unpaired) electrons. The molecule has 0 N–H and O–H groups in total. The molecule has 0 saturated heterocycles. The molecule has 408 valence electrons. The van der Waals surface area contributed by atoms with Crippen molar-refractivity contribution in [2.45, 2.75) is 262 Å². The minimum atomic E-state index is 0. The van der Waals surface area contributed by atoms with Crippen molar-refractivity contribution >= 4 is 0 Å². The van der Waals surface area contributed by atoms with E-state index in [1.165, 1.54) is 69.8 Å². The fraction of sp³-hybridized carbons (Fsp3) is 0.667. The van der Waals surface area contributed by atoms with Crippen molar-refractivity contribution in [2.75, 3.05) is 0 Å². The Morgan fingerprint density at radius 1 is 0.357 bits per heavy atom. The van der Waals surface area contributed by atoms with Crippen molar-refractivity contribution in [3.63, 3.8) is 0 Å². The van der Waals surface area contributed by atoms with Crippen LogP contribution < -0.4 is 0 Å². The number of nitrogens with zero attached hydrogens (tertiary/aromatic N) is 1. The molecule has 2 unspecified atom stereocenters. The first kappa shape index (κ1) is 78.2. The molecule has 0 aliphatic heterocycles. The van der Waals surface area contributed by atoms with E-state index in [1.807, 2.05) is 107 Å². The van der Waals surface area contributed by atoms with Gasteiger partial charge in [0.05, 0.1) is 0 Å². The molecule has 0 amide bonds. The summed E-state index contributed by atoms with van der Waals surface area (Å²) in [6.45, 7) is 53.5. The molecule has 0 bridgehead atoms. The van der Waals surface area contributed by atoms with Crippen LogP contribution in [0.25, 0.3) is 0 Å². The highest BCUT2D eigenvalue weighted by molar-refractivity contribution is 5.35. The van der Waals surface area contributed by atoms with Crippen molar-refractivity contribution in [1.82, 2.24) is 4.98 Å². The maximum absolute atomic E-state index is 3.78. The molecule has 2 atom stereocenters. The summed E-state index contributed by atoms with van der Waals surface area (Å²) in [5.74, 6) is 8.82. The molecule has 3 aromatic carbocycles. The maximum Gasteiger partial charge on any atom is 0.0267 e. The third kappa shape index (κ3) is 40.4. The predicted octanol–water partition coefficient (Wildman–Crippen LogP) is 24.0. The van der Waals surface area contributed by atoms with E-state index in [9.17, 15) is 0 Å². The standard InChI is InChI=1S/C13H18.C12H16.C9H12.C7H14.C6H12.C5H5N.C4H10.6C2H6.CH4/c1-10(2)12-9-5-7-11-6-3-4-8-13(11)12;1-9(2)11-8-7-10-5-3-4-6-12(10)11;1-8(2)9-6-4-3-5-7-9;1-6(2)7-4-3-5-7;1-5(2)6-3-4-6;1-2-4-6-5-3-1;1-4(2)3;6*1-2;/h3-4,6,8,10,12H,5,7,9H2,1-2H3;3-6,9,11H,7-8H2,1-2H3;3-8H,1-2H3;6-7H,3-5H2,1-2H3;5-6H,3-4H2,1-2H3;1-5H;4H,1-3H3;6*1-2H3;1H4. The molecule has 2 saturated carbocycles.